The maximum atomic E-state index is 12.3. The van der Waals surface area contributed by atoms with Crippen molar-refractivity contribution in [3.63, 3.8) is 0 Å². The van der Waals surface area contributed by atoms with Gasteiger partial charge in [0.05, 0.1) is 19.6 Å². The van der Waals surface area contributed by atoms with E-state index in [-0.39, 0.29) is 11.4 Å². The van der Waals surface area contributed by atoms with E-state index >= 15 is 0 Å². The van der Waals surface area contributed by atoms with Crippen LogP contribution in [0.3, 0.4) is 0 Å². The van der Waals surface area contributed by atoms with Crippen LogP contribution in [0.25, 0.3) is 0 Å². The van der Waals surface area contributed by atoms with Crippen LogP contribution in [0.5, 0.6) is 5.75 Å². The Morgan fingerprint density at radius 3 is 2.50 bits per heavy atom. The fourth-order valence-electron chi connectivity index (χ4n) is 3.58. The minimum Gasteiger partial charge on any atom is -0.496 e. The normalized spacial score (nSPS) is 29.2. The van der Waals surface area contributed by atoms with Gasteiger partial charge in [0.2, 0.25) is 0 Å². The van der Waals surface area contributed by atoms with Crippen molar-refractivity contribution in [2.24, 2.45) is 5.41 Å². The summed E-state index contributed by atoms with van der Waals surface area (Å²) in [6.45, 7) is 6.25. The summed E-state index contributed by atoms with van der Waals surface area (Å²) in [6.07, 6.45) is 2.85. The zero-order chi connectivity index (χ0) is 15.0. The van der Waals surface area contributed by atoms with Gasteiger partial charge >= 0.3 is 5.97 Å². The number of rotatable bonds is 3. The van der Waals surface area contributed by atoms with Crippen molar-refractivity contribution in [3.05, 3.63) is 29.3 Å². The van der Waals surface area contributed by atoms with Gasteiger partial charge in [-0.25, -0.2) is 0 Å². The van der Waals surface area contributed by atoms with Gasteiger partial charge in [0.15, 0.2) is 0 Å². The molecule has 2 atom stereocenters. The molecule has 1 fully saturated rings. The molecule has 110 valence electrons. The van der Waals surface area contributed by atoms with E-state index in [1.807, 2.05) is 19.1 Å². The highest BCUT2D eigenvalue weighted by molar-refractivity contribution is 5.79. The first-order valence-electron chi connectivity index (χ1n) is 7.12. The summed E-state index contributed by atoms with van der Waals surface area (Å²) in [6, 6.07) is 6.17. The molecule has 1 aliphatic carbocycles. The fourth-order valence-corrected chi connectivity index (χ4v) is 3.58. The summed E-state index contributed by atoms with van der Waals surface area (Å²) < 4.78 is 10.6. The van der Waals surface area contributed by atoms with Crippen LogP contribution < -0.4 is 4.74 Å². The zero-order valence-corrected chi connectivity index (χ0v) is 13.1. The highest BCUT2D eigenvalue weighted by atomic mass is 16.5. The Kier molecular flexibility index (Phi) is 3.81. The van der Waals surface area contributed by atoms with Gasteiger partial charge in [0, 0.05) is 11.0 Å². The van der Waals surface area contributed by atoms with Crippen LogP contribution in [-0.4, -0.2) is 20.2 Å². The molecule has 0 heterocycles. The Bertz CT molecular complexity index is 523. The Hall–Kier alpha value is -1.51. The topological polar surface area (TPSA) is 35.5 Å². The van der Waals surface area contributed by atoms with E-state index in [2.05, 4.69) is 19.9 Å². The lowest BCUT2D eigenvalue weighted by molar-refractivity contribution is -0.154. The number of aryl methyl sites for hydroxylation is 1. The first-order chi connectivity index (χ1) is 9.39. The van der Waals surface area contributed by atoms with Crippen molar-refractivity contribution >= 4 is 5.97 Å². The molecule has 0 aliphatic heterocycles. The zero-order valence-electron chi connectivity index (χ0n) is 13.1. The minimum absolute atomic E-state index is 0.124. The van der Waals surface area contributed by atoms with Crippen molar-refractivity contribution in [2.45, 2.75) is 45.4 Å². The fraction of sp³-hybridized carbons (Fsp3) is 0.588. The lowest BCUT2D eigenvalue weighted by atomic mass is 9.63. The molecule has 2 rings (SSSR count). The average Bonchev–Trinajstić information content (AvgIpc) is 2.76. The number of benzene rings is 1. The summed E-state index contributed by atoms with van der Waals surface area (Å²) in [7, 11) is 3.15. The standard InChI is InChI=1S/C17H24O3/c1-12-7-8-14(19-4)13(11-12)16(2)9-6-10-17(16,3)15(18)20-5/h7-8,11H,6,9-10H2,1-5H3/t16-,17+/m0/s1. The molecule has 0 bridgehead atoms. The number of esters is 1. The third-order valence-electron chi connectivity index (χ3n) is 5.16. The van der Waals surface area contributed by atoms with E-state index in [0.29, 0.717) is 0 Å². The second-order valence-electron chi connectivity index (χ2n) is 6.21. The van der Waals surface area contributed by atoms with E-state index in [1.54, 1.807) is 7.11 Å². The van der Waals surface area contributed by atoms with Crippen LogP contribution in [-0.2, 0) is 14.9 Å². The number of carbonyl (C=O) groups excluding carboxylic acids is 1. The molecule has 3 nitrogen and oxygen atoms in total. The van der Waals surface area contributed by atoms with Crippen molar-refractivity contribution in [3.8, 4) is 5.75 Å². The third kappa shape index (κ3) is 2.00. The first-order valence-corrected chi connectivity index (χ1v) is 7.12. The molecule has 20 heavy (non-hydrogen) atoms. The summed E-state index contributed by atoms with van der Waals surface area (Å²) in [5.74, 6) is 0.733. The van der Waals surface area contributed by atoms with Crippen LogP contribution in [0.2, 0.25) is 0 Å². The molecule has 1 saturated carbocycles. The van der Waals surface area contributed by atoms with Crippen molar-refractivity contribution in [1.29, 1.82) is 0 Å². The van der Waals surface area contributed by atoms with Crippen LogP contribution in [0.15, 0.2) is 18.2 Å². The van der Waals surface area contributed by atoms with Gasteiger partial charge in [0.1, 0.15) is 5.75 Å². The molecule has 0 N–H and O–H groups in total. The SMILES string of the molecule is COC(=O)[C@@]1(C)CCC[C@@]1(C)c1cc(C)ccc1OC. The average molecular weight is 276 g/mol. The summed E-state index contributed by atoms with van der Waals surface area (Å²) in [5.41, 5.74) is 1.55. The number of methoxy groups -OCH3 is 2. The van der Waals surface area contributed by atoms with Crippen LogP contribution in [0, 0.1) is 12.3 Å². The molecule has 3 heteroatoms. The van der Waals surface area contributed by atoms with Gasteiger partial charge in [-0.05, 0) is 32.8 Å². The predicted octanol–water partition coefficient (Wildman–Crippen LogP) is 3.62. The van der Waals surface area contributed by atoms with Gasteiger partial charge in [-0.15, -0.1) is 0 Å². The monoisotopic (exact) mass is 276 g/mol. The molecule has 0 unspecified atom stereocenters. The van der Waals surface area contributed by atoms with E-state index in [9.17, 15) is 4.79 Å². The van der Waals surface area contributed by atoms with E-state index < -0.39 is 5.41 Å². The molecule has 0 saturated heterocycles. The number of carbonyl (C=O) groups is 1. The molecule has 0 amide bonds. The van der Waals surface area contributed by atoms with Crippen LogP contribution >= 0.6 is 0 Å². The first kappa shape index (κ1) is 14.9. The highest BCUT2D eigenvalue weighted by Gasteiger charge is 2.56. The van der Waals surface area contributed by atoms with E-state index in [0.717, 1.165) is 30.6 Å². The van der Waals surface area contributed by atoms with Gasteiger partial charge < -0.3 is 9.47 Å². The van der Waals surface area contributed by atoms with Crippen molar-refractivity contribution in [1.82, 2.24) is 0 Å². The number of ether oxygens (including phenoxy) is 2. The molecule has 0 spiro atoms. The second kappa shape index (κ2) is 5.12. The minimum atomic E-state index is -0.497. The Labute approximate surface area is 121 Å². The lowest BCUT2D eigenvalue weighted by Crippen LogP contribution is -2.43. The molecule has 0 radical (unpaired) electrons. The summed E-state index contributed by atoms with van der Waals surface area (Å²) in [4.78, 5) is 12.3. The Balaban J connectivity index is 2.59. The van der Waals surface area contributed by atoms with E-state index in [4.69, 9.17) is 9.47 Å². The number of hydrogen-bond donors (Lipinski definition) is 0. The van der Waals surface area contributed by atoms with Gasteiger partial charge in [0.25, 0.3) is 0 Å². The van der Waals surface area contributed by atoms with Crippen LogP contribution in [0.4, 0.5) is 0 Å². The molecular formula is C17H24O3. The summed E-state index contributed by atoms with van der Waals surface area (Å²) in [5, 5.41) is 0. The maximum Gasteiger partial charge on any atom is 0.312 e. The van der Waals surface area contributed by atoms with Gasteiger partial charge in [-0.1, -0.05) is 31.0 Å². The second-order valence-corrected chi connectivity index (χ2v) is 6.21. The predicted molar refractivity (Wildman–Crippen MR) is 79.1 cm³/mol. The Morgan fingerprint density at radius 2 is 1.90 bits per heavy atom. The maximum absolute atomic E-state index is 12.3. The lowest BCUT2D eigenvalue weighted by Gasteiger charge is -2.40. The van der Waals surface area contributed by atoms with E-state index in [1.165, 1.54) is 12.7 Å². The third-order valence-corrected chi connectivity index (χ3v) is 5.16. The molecular weight excluding hydrogens is 252 g/mol. The quantitative estimate of drug-likeness (QED) is 0.791. The smallest absolute Gasteiger partial charge is 0.312 e. The van der Waals surface area contributed by atoms with Gasteiger partial charge in [-0.2, -0.15) is 0 Å². The number of hydrogen-bond acceptors (Lipinski definition) is 3. The highest BCUT2D eigenvalue weighted by Crippen LogP contribution is 2.56. The molecule has 1 aromatic carbocycles. The molecule has 1 aliphatic rings. The largest absolute Gasteiger partial charge is 0.496 e. The Morgan fingerprint density at radius 1 is 1.20 bits per heavy atom. The van der Waals surface area contributed by atoms with Crippen molar-refractivity contribution < 1.29 is 14.3 Å². The van der Waals surface area contributed by atoms with Crippen LogP contribution in [0.1, 0.15) is 44.2 Å². The molecule has 1 aromatic rings. The van der Waals surface area contributed by atoms with Gasteiger partial charge in [-0.3, -0.25) is 4.79 Å². The van der Waals surface area contributed by atoms with Crippen molar-refractivity contribution in [2.75, 3.05) is 14.2 Å². The summed E-state index contributed by atoms with van der Waals surface area (Å²) >= 11 is 0. The molecule has 0 aromatic heterocycles.